The average Bonchev–Trinajstić information content (AvgIpc) is 3.23. The fourth-order valence-corrected chi connectivity index (χ4v) is 4.11. The van der Waals surface area contributed by atoms with E-state index in [1.54, 1.807) is 12.1 Å². The van der Waals surface area contributed by atoms with Crippen molar-refractivity contribution in [3.63, 3.8) is 0 Å². The molecule has 1 aromatic carbocycles. The zero-order chi connectivity index (χ0) is 16.0. The van der Waals surface area contributed by atoms with E-state index in [4.69, 9.17) is 0 Å². The lowest BCUT2D eigenvalue weighted by molar-refractivity contribution is 0.601. The predicted molar refractivity (Wildman–Crippen MR) is 87.0 cm³/mol. The lowest BCUT2D eigenvalue weighted by Gasteiger charge is -2.09. The van der Waals surface area contributed by atoms with Crippen LogP contribution >= 0.6 is 11.7 Å². The van der Waals surface area contributed by atoms with E-state index in [1.807, 2.05) is 13.0 Å². The number of fused-ring (bicyclic) bond motifs is 1. The highest BCUT2D eigenvalue weighted by atomic mass is 32.2. The van der Waals surface area contributed by atoms with Gasteiger partial charge in [-0.25, -0.2) is 23.1 Å². The fourth-order valence-electron chi connectivity index (χ4n) is 2.40. The molecule has 0 aliphatic heterocycles. The number of aryl methyl sites for hydroxylation is 1. The highest BCUT2D eigenvalue weighted by Crippen LogP contribution is 2.39. The van der Waals surface area contributed by atoms with Crippen molar-refractivity contribution in [3.05, 3.63) is 35.7 Å². The predicted octanol–water partition coefficient (Wildman–Crippen LogP) is 2.47. The van der Waals surface area contributed by atoms with Crippen LogP contribution in [0.15, 0.2) is 29.2 Å². The molecule has 1 saturated carbocycles. The molecule has 7 nitrogen and oxygen atoms in total. The van der Waals surface area contributed by atoms with Crippen molar-refractivity contribution in [1.29, 1.82) is 0 Å². The molecule has 3 aromatic rings. The van der Waals surface area contributed by atoms with Gasteiger partial charge in [-0.05, 0) is 38.0 Å². The smallest absolute Gasteiger partial charge is 0.247 e. The molecule has 0 unspecified atom stereocenters. The number of rotatable bonds is 4. The first-order valence-corrected chi connectivity index (χ1v) is 9.34. The van der Waals surface area contributed by atoms with E-state index in [2.05, 4.69) is 23.4 Å². The van der Waals surface area contributed by atoms with E-state index >= 15 is 0 Å². The molecule has 0 amide bonds. The van der Waals surface area contributed by atoms with Gasteiger partial charge in [0, 0.05) is 17.3 Å². The number of benzene rings is 1. The van der Waals surface area contributed by atoms with Crippen molar-refractivity contribution in [2.45, 2.75) is 30.6 Å². The van der Waals surface area contributed by atoms with E-state index in [9.17, 15) is 8.42 Å². The summed E-state index contributed by atoms with van der Waals surface area (Å²) in [6.07, 6.45) is 2.18. The second-order valence-electron chi connectivity index (χ2n) is 5.53. The van der Waals surface area contributed by atoms with Crippen molar-refractivity contribution in [3.8, 4) is 0 Å². The van der Waals surface area contributed by atoms with Gasteiger partial charge < -0.3 is 0 Å². The summed E-state index contributed by atoms with van der Waals surface area (Å²) in [5.74, 6) is 0.526. The SMILES string of the molecule is Cc1cc(C2CC2)nc(NS(=O)(=O)c2cccc3nsnc23)n1. The standard InChI is InChI=1S/C14H13N5O2S2/c1-8-7-11(9-5-6-9)16-14(15-8)19-23(20,21)12-4-2-3-10-13(12)18-22-17-10/h2-4,7,9H,5-6H2,1H3,(H,15,16,19). The van der Waals surface area contributed by atoms with Crippen molar-refractivity contribution in [2.24, 2.45) is 0 Å². The number of hydrogen-bond donors (Lipinski definition) is 1. The highest BCUT2D eigenvalue weighted by molar-refractivity contribution is 7.93. The zero-order valence-corrected chi connectivity index (χ0v) is 13.9. The molecular formula is C14H13N5O2S2. The zero-order valence-electron chi connectivity index (χ0n) is 12.2. The first kappa shape index (κ1) is 14.5. The topological polar surface area (TPSA) is 97.7 Å². The maximum absolute atomic E-state index is 12.7. The van der Waals surface area contributed by atoms with Gasteiger partial charge in [-0.2, -0.15) is 8.75 Å². The van der Waals surface area contributed by atoms with Gasteiger partial charge >= 0.3 is 0 Å². The normalized spacial score (nSPS) is 15.0. The van der Waals surface area contributed by atoms with Crippen molar-refractivity contribution < 1.29 is 8.42 Å². The number of nitrogens with zero attached hydrogens (tertiary/aromatic N) is 4. The lowest BCUT2D eigenvalue weighted by Crippen LogP contribution is -2.16. The van der Waals surface area contributed by atoms with Gasteiger partial charge in [-0.1, -0.05) is 6.07 Å². The maximum atomic E-state index is 12.7. The Hall–Kier alpha value is -2.13. The molecule has 0 spiro atoms. The molecule has 0 bridgehead atoms. The second kappa shape index (κ2) is 5.20. The van der Waals surface area contributed by atoms with Gasteiger partial charge in [0.05, 0.1) is 11.7 Å². The molecule has 118 valence electrons. The van der Waals surface area contributed by atoms with Crippen LogP contribution in [0.5, 0.6) is 0 Å². The monoisotopic (exact) mass is 347 g/mol. The first-order valence-electron chi connectivity index (χ1n) is 7.12. The molecular weight excluding hydrogens is 334 g/mol. The third-order valence-electron chi connectivity index (χ3n) is 3.63. The van der Waals surface area contributed by atoms with Crippen LogP contribution in [0.4, 0.5) is 5.95 Å². The molecule has 0 saturated heterocycles. The van der Waals surface area contributed by atoms with Crippen LogP contribution in [-0.2, 0) is 10.0 Å². The van der Waals surface area contributed by atoms with E-state index in [1.165, 1.54) is 6.07 Å². The van der Waals surface area contributed by atoms with Crippen LogP contribution in [0.2, 0.25) is 0 Å². The first-order chi connectivity index (χ1) is 11.0. The summed E-state index contributed by atoms with van der Waals surface area (Å²) in [7, 11) is -3.82. The molecule has 2 aromatic heterocycles. The Labute approximate surface area is 137 Å². The summed E-state index contributed by atoms with van der Waals surface area (Å²) < 4.78 is 35.9. The maximum Gasteiger partial charge on any atom is 0.266 e. The molecule has 1 aliphatic rings. The summed E-state index contributed by atoms with van der Waals surface area (Å²) in [6, 6.07) is 6.78. The quantitative estimate of drug-likeness (QED) is 0.778. The van der Waals surface area contributed by atoms with Gasteiger partial charge in [0.15, 0.2) is 0 Å². The largest absolute Gasteiger partial charge is 0.266 e. The fraction of sp³-hybridized carbons (Fsp3) is 0.286. The molecule has 1 N–H and O–H groups in total. The molecule has 4 rings (SSSR count). The lowest BCUT2D eigenvalue weighted by atomic mass is 10.2. The van der Waals surface area contributed by atoms with Gasteiger partial charge in [0.2, 0.25) is 5.95 Å². The Morgan fingerprint density at radius 2 is 2.04 bits per heavy atom. The average molecular weight is 347 g/mol. The van der Waals surface area contributed by atoms with E-state index in [-0.39, 0.29) is 10.8 Å². The van der Waals surface area contributed by atoms with E-state index in [0.29, 0.717) is 17.0 Å². The van der Waals surface area contributed by atoms with Crippen LogP contribution in [0.3, 0.4) is 0 Å². The summed E-state index contributed by atoms with van der Waals surface area (Å²) in [5, 5.41) is 0. The third-order valence-corrected chi connectivity index (χ3v) is 5.54. The van der Waals surface area contributed by atoms with Crippen LogP contribution in [0.1, 0.15) is 30.1 Å². The number of hydrogen-bond acceptors (Lipinski definition) is 7. The van der Waals surface area contributed by atoms with Crippen LogP contribution < -0.4 is 4.72 Å². The summed E-state index contributed by atoms with van der Waals surface area (Å²) >= 11 is 0.983. The van der Waals surface area contributed by atoms with Gasteiger partial charge in [-0.15, -0.1) is 0 Å². The molecule has 23 heavy (non-hydrogen) atoms. The van der Waals surface area contributed by atoms with Crippen molar-refractivity contribution in [1.82, 2.24) is 18.7 Å². The highest BCUT2D eigenvalue weighted by Gasteiger charge is 2.27. The van der Waals surface area contributed by atoms with Crippen LogP contribution in [-0.4, -0.2) is 27.1 Å². The van der Waals surface area contributed by atoms with Crippen molar-refractivity contribution in [2.75, 3.05) is 4.72 Å². The number of nitrogens with one attached hydrogen (secondary N) is 1. The van der Waals surface area contributed by atoms with Crippen LogP contribution in [0, 0.1) is 6.92 Å². The van der Waals surface area contributed by atoms with E-state index < -0.39 is 10.0 Å². The molecule has 9 heteroatoms. The van der Waals surface area contributed by atoms with E-state index in [0.717, 1.165) is 36.0 Å². The Morgan fingerprint density at radius 1 is 1.22 bits per heavy atom. The molecule has 1 aliphatic carbocycles. The Bertz CT molecular complexity index is 995. The second-order valence-corrected chi connectivity index (χ2v) is 7.70. The third kappa shape index (κ3) is 2.77. The van der Waals surface area contributed by atoms with Crippen LogP contribution in [0.25, 0.3) is 11.0 Å². The molecule has 1 fully saturated rings. The van der Waals surface area contributed by atoms with Gasteiger partial charge in [0.1, 0.15) is 15.9 Å². The Kier molecular flexibility index (Phi) is 3.27. The minimum atomic E-state index is -3.82. The summed E-state index contributed by atoms with van der Waals surface area (Å²) in [5.41, 5.74) is 2.55. The minimum absolute atomic E-state index is 0.0850. The van der Waals surface area contributed by atoms with Gasteiger partial charge in [-0.3, -0.25) is 0 Å². The summed E-state index contributed by atoms with van der Waals surface area (Å²) in [4.78, 5) is 8.61. The molecule has 0 atom stereocenters. The molecule has 2 heterocycles. The Morgan fingerprint density at radius 3 is 2.83 bits per heavy atom. The van der Waals surface area contributed by atoms with Crippen molar-refractivity contribution >= 4 is 38.7 Å². The molecule has 0 radical (unpaired) electrons. The summed E-state index contributed by atoms with van der Waals surface area (Å²) in [6.45, 7) is 1.83. The number of anilines is 1. The minimum Gasteiger partial charge on any atom is -0.247 e. The van der Waals surface area contributed by atoms with Gasteiger partial charge in [0.25, 0.3) is 10.0 Å². The number of sulfonamides is 1. The Balaban J connectivity index is 1.74. The number of aromatic nitrogens is 4.